The molecule has 0 amide bonds. The van der Waals surface area contributed by atoms with E-state index in [2.05, 4.69) is 20.9 Å². The van der Waals surface area contributed by atoms with E-state index in [9.17, 15) is 14.9 Å². The predicted molar refractivity (Wildman–Crippen MR) is 84.3 cm³/mol. The molecule has 5 nitrogen and oxygen atoms in total. The van der Waals surface area contributed by atoms with Gasteiger partial charge in [0.25, 0.3) is 5.69 Å². The lowest BCUT2D eigenvalue weighted by Gasteiger charge is -2.08. The van der Waals surface area contributed by atoms with Crippen LogP contribution in [0.4, 0.5) is 5.69 Å². The Balaban J connectivity index is 2.56. The lowest BCUT2D eigenvalue weighted by molar-refractivity contribution is -0.385. The number of halogens is 1. The Morgan fingerprint density at radius 1 is 1.43 bits per heavy atom. The van der Waals surface area contributed by atoms with Gasteiger partial charge in [-0.1, -0.05) is 29.8 Å². The molecule has 110 valence electrons. The summed E-state index contributed by atoms with van der Waals surface area (Å²) in [6.07, 6.45) is 1.70. The summed E-state index contributed by atoms with van der Waals surface area (Å²) in [4.78, 5) is 26.9. The second kappa shape index (κ2) is 6.30. The molecule has 2 aromatic rings. The molecule has 2 rings (SSSR count). The first-order valence-corrected chi connectivity index (χ1v) is 7.41. The number of Topliss-reactive ketones (excluding diaryl/α,β-unsaturated/α-hetero) is 1. The van der Waals surface area contributed by atoms with Gasteiger partial charge in [-0.25, -0.2) is 4.98 Å². The Bertz CT molecular complexity index is 713. The number of aromatic nitrogens is 1. The minimum atomic E-state index is -0.481. The van der Waals surface area contributed by atoms with Crippen molar-refractivity contribution in [2.45, 2.75) is 26.7 Å². The van der Waals surface area contributed by atoms with Crippen molar-refractivity contribution < 1.29 is 9.72 Å². The van der Waals surface area contributed by atoms with E-state index in [0.717, 1.165) is 4.47 Å². The molecular weight excluding hydrogens is 336 g/mol. The summed E-state index contributed by atoms with van der Waals surface area (Å²) in [6, 6.07) is 5.37. The molecule has 0 aliphatic rings. The zero-order valence-electron chi connectivity index (χ0n) is 11.8. The van der Waals surface area contributed by atoms with E-state index in [1.54, 1.807) is 12.1 Å². The number of carbonyl (C=O) groups is 1. The van der Waals surface area contributed by atoms with Crippen LogP contribution in [0.25, 0.3) is 10.9 Å². The lowest BCUT2D eigenvalue weighted by Crippen LogP contribution is -2.09. The van der Waals surface area contributed by atoms with Gasteiger partial charge in [0.15, 0.2) is 0 Å². The number of hydrogen-bond acceptors (Lipinski definition) is 4. The maximum atomic E-state index is 12.1. The van der Waals surface area contributed by atoms with E-state index >= 15 is 0 Å². The second-order valence-electron chi connectivity index (χ2n) is 5.35. The average Bonchev–Trinajstić information content (AvgIpc) is 2.38. The van der Waals surface area contributed by atoms with Crippen molar-refractivity contribution in [2.75, 3.05) is 0 Å². The molecule has 0 bridgehead atoms. The van der Waals surface area contributed by atoms with Gasteiger partial charge < -0.3 is 0 Å². The third kappa shape index (κ3) is 3.64. The first kappa shape index (κ1) is 15.6. The van der Waals surface area contributed by atoms with E-state index in [4.69, 9.17) is 0 Å². The number of rotatable bonds is 5. The SMILES string of the molecule is CC(C)CC(=O)Cc1c([N+](=O)[O-])cnc2ccc(Br)cc12. The van der Waals surface area contributed by atoms with Gasteiger partial charge in [0.1, 0.15) is 12.0 Å². The fraction of sp³-hybridized carbons (Fsp3) is 0.333. The zero-order valence-corrected chi connectivity index (χ0v) is 13.4. The summed E-state index contributed by atoms with van der Waals surface area (Å²) in [6.45, 7) is 3.90. The van der Waals surface area contributed by atoms with Crippen LogP contribution >= 0.6 is 15.9 Å². The summed E-state index contributed by atoms with van der Waals surface area (Å²) in [5.74, 6) is 0.233. The Morgan fingerprint density at radius 2 is 2.14 bits per heavy atom. The van der Waals surface area contributed by atoms with Gasteiger partial charge in [-0.3, -0.25) is 14.9 Å². The summed E-state index contributed by atoms with van der Waals surface area (Å²) < 4.78 is 0.801. The number of pyridine rings is 1. The van der Waals surface area contributed by atoms with Crippen LogP contribution in [0.2, 0.25) is 0 Å². The molecule has 0 N–H and O–H groups in total. The van der Waals surface area contributed by atoms with Crippen LogP contribution in [0, 0.1) is 16.0 Å². The lowest BCUT2D eigenvalue weighted by atomic mass is 9.98. The second-order valence-corrected chi connectivity index (χ2v) is 6.27. The molecule has 0 unspecified atom stereocenters. The number of nitrogens with zero attached hydrogens (tertiary/aromatic N) is 2. The molecule has 0 aliphatic carbocycles. The van der Waals surface area contributed by atoms with Crippen molar-refractivity contribution in [3.8, 4) is 0 Å². The Kier molecular flexibility index (Phi) is 4.67. The van der Waals surface area contributed by atoms with Gasteiger partial charge in [-0.05, 0) is 24.1 Å². The Hall–Kier alpha value is -1.82. The van der Waals surface area contributed by atoms with Crippen LogP contribution in [-0.4, -0.2) is 15.7 Å². The van der Waals surface area contributed by atoms with Gasteiger partial charge in [-0.2, -0.15) is 0 Å². The van der Waals surface area contributed by atoms with Gasteiger partial charge >= 0.3 is 0 Å². The van der Waals surface area contributed by atoms with Gasteiger partial charge in [0, 0.05) is 28.3 Å². The normalized spacial score (nSPS) is 11.0. The Labute approximate surface area is 130 Å². The molecule has 0 spiro atoms. The predicted octanol–water partition coefficient (Wildman–Crippen LogP) is 4.06. The van der Waals surface area contributed by atoms with Crippen molar-refractivity contribution in [1.29, 1.82) is 0 Å². The molecule has 1 heterocycles. The van der Waals surface area contributed by atoms with Crippen LogP contribution in [-0.2, 0) is 11.2 Å². The minimum Gasteiger partial charge on any atom is -0.299 e. The summed E-state index contributed by atoms with van der Waals surface area (Å²) in [5.41, 5.74) is 0.991. The number of nitro groups is 1. The summed E-state index contributed by atoms with van der Waals surface area (Å²) in [7, 11) is 0. The molecule has 0 saturated heterocycles. The standard InChI is InChI=1S/C15H15BrN2O3/c1-9(2)5-11(19)7-13-12-6-10(16)3-4-14(12)17-8-15(13)18(20)21/h3-4,6,8-9H,5,7H2,1-2H3. The molecule has 1 aromatic carbocycles. The van der Waals surface area contributed by atoms with E-state index in [-0.39, 0.29) is 23.8 Å². The number of carbonyl (C=O) groups excluding carboxylic acids is 1. The van der Waals surface area contributed by atoms with Crippen LogP contribution < -0.4 is 0 Å². The molecule has 0 saturated carbocycles. The Morgan fingerprint density at radius 3 is 2.76 bits per heavy atom. The van der Waals surface area contributed by atoms with E-state index < -0.39 is 4.92 Å². The van der Waals surface area contributed by atoms with Crippen molar-refractivity contribution in [3.63, 3.8) is 0 Å². The maximum absolute atomic E-state index is 12.1. The number of hydrogen-bond donors (Lipinski definition) is 0. The van der Waals surface area contributed by atoms with Gasteiger partial charge in [0.2, 0.25) is 0 Å². The number of ketones is 1. The van der Waals surface area contributed by atoms with Crippen LogP contribution in [0.1, 0.15) is 25.8 Å². The first-order valence-electron chi connectivity index (χ1n) is 6.61. The summed E-state index contributed by atoms with van der Waals surface area (Å²) in [5, 5.41) is 11.8. The summed E-state index contributed by atoms with van der Waals surface area (Å²) >= 11 is 3.35. The van der Waals surface area contributed by atoms with Crippen LogP contribution in [0.5, 0.6) is 0 Å². The van der Waals surface area contributed by atoms with Gasteiger partial charge in [-0.15, -0.1) is 0 Å². The third-order valence-electron chi connectivity index (χ3n) is 3.13. The zero-order chi connectivity index (χ0) is 15.6. The highest BCUT2D eigenvalue weighted by molar-refractivity contribution is 9.10. The highest BCUT2D eigenvalue weighted by Gasteiger charge is 2.21. The molecule has 0 radical (unpaired) electrons. The highest BCUT2D eigenvalue weighted by atomic mass is 79.9. The monoisotopic (exact) mass is 350 g/mol. The molecule has 0 atom stereocenters. The quantitative estimate of drug-likeness (QED) is 0.601. The highest BCUT2D eigenvalue weighted by Crippen LogP contribution is 2.29. The third-order valence-corrected chi connectivity index (χ3v) is 3.62. The molecule has 1 aromatic heterocycles. The first-order chi connectivity index (χ1) is 9.88. The van der Waals surface area contributed by atoms with Gasteiger partial charge in [0.05, 0.1) is 10.4 Å². The molecule has 0 fully saturated rings. The molecule has 21 heavy (non-hydrogen) atoms. The van der Waals surface area contributed by atoms with Crippen molar-refractivity contribution in [2.24, 2.45) is 5.92 Å². The van der Waals surface area contributed by atoms with Crippen molar-refractivity contribution in [3.05, 3.63) is 44.5 Å². The van der Waals surface area contributed by atoms with Crippen molar-refractivity contribution in [1.82, 2.24) is 4.98 Å². The molecule has 6 heteroatoms. The van der Waals surface area contributed by atoms with Crippen LogP contribution in [0.3, 0.4) is 0 Å². The topological polar surface area (TPSA) is 73.1 Å². The van der Waals surface area contributed by atoms with Crippen molar-refractivity contribution >= 4 is 38.3 Å². The molecular formula is C15H15BrN2O3. The largest absolute Gasteiger partial charge is 0.299 e. The minimum absolute atomic E-state index is 0.000533. The van der Waals surface area contributed by atoms with E-state index in [1.165, 1.54) is 6.20 Å². The number of benzene rings is 1. The molecule has 0 aliphatic heterocycles. The average molecular weight is 351 g/mol. The smallest absolute Gasteiger partial charge is 0.291 e. The fourth-order valence-electron chi connectivity index (χ4n) is 2.28. The fourth-order valence-corrected chi connectivity index (χ4v) is 2.64. The van der Waals surface area contributed by atoms with Crippen LogP contribution in [0.15, 0.2) is 28.9 Å². The maximum Gasteiger partial charge on any atom is 0.291 e. The van der Waals surface area contributed by atoms with E-state index in [1.807, 2.05) is 19.9 Å². The van der Waals surface area contributed by atoms with E-state index in [0.29, 0.717) is 22.9 Å². The number of fused-ring (bicyclic) bond motifs is 1.